The summed E-state index contributed by atoms with van der Waals surface area (Å²) in [5.41, 5.74) is 4.86. The van der Waals surface area contributed by atoms with Crippen molar-refractivity contribution in [3.05, 3.63) is 66.0 Å². The molecule has 4 nitrogen and oxygen atoms in total. The first-order valence-electron chi connectivity index (χ1n) is 6.66. The minimum Gasteiger partial charge on any atom is -0.312 e. The molecule has 2 aromatic rings. The van der Waals surface area contributed by atoms with Crippen molar-refractivity contribution in [3.8, 4) is 6.07 Å². The first-order valence-corrected chi connectivity index (χ1v) is 8.20. The van der Waals surface area contributed by atoms with E-state index in [0.717, 1.165) is 0 Å². The van der Waals surface area contributed by atoms with E-state index in [2.05, 4.69) is 0 Å². The van der Waals surface area contributed by atoms with E-state index in [1.807, 2.05) is 6.07 Å². The van der Waals surface area contributed by atoms with E-state index in [4.69, 9.17) is 5.73 Å². The van der Waals surface area contributed by atoms with Crippen LogP contribution in [0.25, 0.3) is 0 Å². The molecule has 2 aromatic carbocycles. The second-order valence-electron chi connectivity index (χ2n) is 5.36. The number of nitriles is 1. The Kier molecular flexibility index (Phi) is 3.28. The molecular weight excluding hydrogens is 303 g/mol. The molecule has 0 aliphatic heterocycles. The third-order valence-corrected chi connectivity index (χ3v) is 6.25. The van der Waals surface area contributed by atoms with Crippen LogP contribution < -0.4 is 5.73 Å². The van der Waals surface area contributed by atoms with Crippen LogP contribution in [0.4, 0.5) is 4.39 Å². The smallest absolute Gasteiger partial charge is 0.184 e. The molecule has 0 unspecified atom stereocenters. The number of hydrogen-bond acceptors (Lipinski definition) is 4. The average molecular weight is 316 g/mol. The Labute approximate surface area is 127 Å². The minimum absolute atomic E-state index is 0.115. The molecule has 112 valence electrons. The second-order valence-corrected chi connectivity index (χ2v) is 7.43. The van der Waals surface area contributed by atoms with Gasteiger partial charge in [-0.05, 0) is 29.8 Å². The SMILES string of the molecule is N#C[C@]1(N)[C@H](c2cccc(F)c2)[C@@H]1S(=O)(=O)c1ccccc1. The summed E-state index contributed by atoms with van der Waals surface area (Å²) in [5.74, 6) is -1.22. The number of hydrogen-bond donors (Lipinski definition) is 1. The maximum Gasteiger partial charge on any atom is 0.184 e. The van der Waals surface area contributed by atoms with Crippen LogP contribution >= 0.6 is 0 Å². The molecule has 0 amide bonds. The molecule has 0 aromatic heterocycles. The van der Waals surface area contributed by atoms with Gasteiger partial charge in [-0.2, -0.15) is 5.26 Å². The fourth-order valence-corrected chi connectivity index (χ4v) is 5.06. The van der Waals surface area contributed by atoms with Crippen molar-refractivity contribution in [2.24, 2.45) is 5.73 Å². The van der Waals surface area contributed by atoms with E-state index in [-0.39, 0.29) is 4.90 Å². The van der Waals surface area contributed by atoms with Gasteiger partial charge in [0.2, 0.25) is 0 Å². The Balaban J connectivity index is 2.06. The lowest BCUT2D eigenvalue weighted by atomic mass is 10.1. The van der Waals surface area contributed by atoms with Gasteiger partial charge in [-0.3, -0.25) is 0 Å². The molecule has 0 bridgehead atoms. The predicted octanol–water partition coefficient (Wildman–Crippen LogP) is 1.99. The van der Waals surface area contributed by atoms with E-state index in [0.29, 0.717) is 5.56 Å². The summed E-state index contributed by atoms with van der Waals surface area (Å²) in [6.07, 6.45) is 0. The molecule has 0 heterocycles. The molecule has 1 aliphatic carbocycles. The molecule has 1 fully saturated rings. The Bertz CT molecular complexity index is 861. The van der Waals surface area contributed by atoms with Gasteiger partial charge in [-0.1, -0.05) is 30.3 Å². The molecule has 0 spiro atoms. The maximum absolute atomic E-state index is 13.4. The molecule has 0 radical (unpaired) electrons. The van der Waals surface area contributed by atoms with Crippen molar-refractivity contribution in [3.63, 3.8) is 0 Å². The molecule has 3 rings (SSSR count). The van der Waals surface area contributed by atoms with Crippen LogP contribution in [0.15, 0.2) is 59.5 Å². The minimum atomic E-state index is -3.77. The van der Waals surface area contributed by atoms with Crippen molar-refractivity contribution < 1.29 is 12.8 Å². The van der Waals surface area contributed by atoms with Crippen molar-refractivity contribution in [2.75, 3.05) is 0 Å². The van der Waals surface area contributed by atoms with E-state index in [1.54, 1.807) is 24.3 Å². The predicted molar refractivity (Wildman–Crippen MR) is 79.1 cm³/mol. The standard InChI is InChI=1S/C16H13FN2O2S/c17-12-6-4-5-11(9-12)14-15(16(14,19)10-18)22(20,21)13-7-2-1-3-8-13/h1-9,14-15H,19H2/t14-,15+,16+/m1/s1. The average Bonchev–Trinajstić information content (AvgIpc) is 3.16. The Morgan fingerprint density at radius 1 is 1.14 bits per heavy atom. The van der Waals surface area contributed by atoms with Gasteiger partial charge in [0.15, 0.2) is 9.84 Å². The first-order chi connectivity index (χ1) is 10.4. The normalized spacial score (nSPS) is 27.1. The molecule has 2 N–H and O–H groups in total. The zero-order valence-corrected chi connectivity index (χ0v) is 12.3. The molecule has 22 heavy (non-hydrogen) atoms. The van der Waals surface area contributed by atoms with Gasteiger partial charge in [0.1, 0.15) is 16.6 Å². The van der Waals surface area contributed by atoms with Gasteiger partial charge in [-0.15, -0.1) is 0 Å². The van der Waals surface area contributed by atoms with Crippen LogP contribution in [0.5, 0.6) is 0 Å². The number of sulfone groups is 1. The van der Waals surface area contributed by atoms with Crippen LogP contribution in [0.1, 0.15) is 11.5 Å². The summed E-state index contributed by atoms with van der Waals surface area (Å²) in [4.78, 5) is 0.115. The highest BCUT2D eigenvalue weighted by atomic mass is 32.2. The molecule has 1 aliphatic rings. The summed E-state index contributed by atoms with van der Waals surface area (Å²) < 4.78 is 38.8. The van der Waals surface area contributed by atoms with Crippen molar-refractivity contribution in [1.82, 2.24) is 0 Å². The number of benzene rings is 2. The lowest BCUT2D eigenvalue weighted by molar-refractivity contribution is 0.591. The van der Waals surface area contributed by atoms with Crippen LogP contribution in [-0.4, -0.2) is 19.2 Å². The van der Waals surface area contributed by atoms with Gasteiger partial charge in [0.25, 0.3) is 0 Å². The molecule has 0 saturated heterocycles. The maximum atomic E-state index is 13.4. The van der Waals surface area contributed by atoms with E-state index >= 15 is 0 Å². The van der Waals surface area contributed by atoms with Gasteiger partial charge < -0.3 is 5.73 Å². The van der Waals surface area contributed by atoms with Gasteiger partial charge in [0.05, 0.1) is 11.0 Å². The molecule has 1 saturated carbocycles. The molecular formula is C16H13FN2O2S. The van der Waals surface area contributed by atoms with E-state index in [9.17, 15) is 18.1 Å². The number of nitrogens with zero attached hydrogens (tertiary/aromatic N) is 1. The summed E-state index contributed by atoms with van der Waals surface area (Å²) in [6.45, 7) is 0. The summed E-state index contributed by atoms with van der Waals surface area (Å²) in [6, 6.07) is 15.3. The fraction of sp³-hybridized carbons (Fsp3) is 0.188. The van der Waals surface area contributed by atoms with E-state index in [1.165, 1.54) is 30.3 Å². The summed E-state index contributed by atoms with van der Waals surface area (Å²) in [5, 5.41) is 8.24. The number of nitrogens with two attached hydrogens (primary N) is 1. The Morgan fingerprint density at radius 3 is 2.41 bits per heavy atom. The first kappa shape index (κ1) is 14.7. The Hall–Kier alpha value is -2.23. The number of rotatable bonds is 3. The summed E-state index contributed by atoms with van der Waals surface area (Å²) >= 11 is 0. The highest BCUT2D eigenvalue weighted by molar-refractivity contribution is 7.92. The van der Waals surface area contributed by atoms with Gasteiger partial charge in [-0.25, -0.2) is 12.8 Å². The molecule has 3 atom stereocenters. The van der Waals surface area contributed by atoms with Crippen LogP contribution in [0.2, 0.25) is 0 Å². The molecule has 6 heteroatoms. The van der Waals surface area contributed by atoms with Crippen molar-refractivity contribution in [1.29, 1.82) is 5.26 Å². The summed E-state index contributed by atoms with van der Waals surface area (Å²) in [7, 11) is -3.77. The quantitative estimate of drug-likeness (QED) is 0.938. The topological polar surface area (TPSA) is 83.9 Å². The largest absolute Gasteiger partial charge is 0.312 e. The highest BCUT2D eigenvalue weighted by Gasteiger charge is 2.70. The second kappa shape index (κ2) is 4.90. The van der Waals surface area contributed by atoms with Gasteiger partial charge >= 0.3 is 0 Å². The van der Waals surface area contributed by atoms with Crippen LogP contribution in [0.3, 0.4) is 0 Å². The number of halogens is 1. The lowest BCUT2D eigenvalue weighted by Gasteiger charge is -2.04. The Morgan fingerprint density at radius 2 is 1.82 bits per heavy atom. The fourth-order valence-electron chi connectivity index (χ4n) is 2.85. The zero-order chi connectivity index (χ0) is 16.0. The third kappa shape index (κ3) is 2.10. The van der Waals surface area contributed by atoms with Crippen LogP contribution in [0, 0.1) is 17.1 Å². The monoisotopic (exact) mass is 316 g/mol. The van der Waals surface area contributed by atoms with Crippen LogP contribution in [-0.2, 0) is 9.84 Å². The zero-order valence-electron chi connectivity index (χ0n) is 11.5. The third-order valence-electron chi connectivity index (χ3n) is 3.99. The van der Waals surface area contributed by atoms with Gasteiger partial charge in [0, 0.05) is 5.92 Å². The lowest BCUT2D eigenvalue weighted by Crippen LogP contribution is -2.29. The van der Waals surface area contributed by atoms with E-state index < -0.39 is 32.4 Å². The van der Waals surface area contributed by atoms with Crippen molar-refractivity contribution in [2.45, 2.75) is 21.6 Å². The van der Waals surface area contributed by atoms with Crippen molar-refractivity contribution >= 4 is 9.84 Å². The highest BCUT2D eigenvalue weighted by Crippen LogP contribution is 2.55.